The Balaban J connectivity index is 6.72. The minimum atomic E-state index is -8.90. The summed E-state index contributed by atoms with van der Waals surface area (Å²) in [7, 11) is 0. The Hall–Kier alpha value is -5.34. The SMILES string of the molecule is C=CC(=O)OCC(C)(COC(=O)C=C)C(=O)OCC(F)(F)C(F)(F)C(F)(F)C(F)(F)C(F)(F)C(F)(F)C(F)(F)C(F)(F)COC(=O)C(C)(COC(=O)C=C)COC(=O)C=C. The largest absolute Gasteiger partial charge is 0.461 e. The van der Waals surface area contributed by atoms with Crippen LogP contribution in [0.2, 0.25) is 0 Å². The molecule has 0 aromatic carbocycles. The van der Waals surface area contributed by atoms with Crippen LogP contribution < -0.4 is 0 Å². The van der Waals surface area contributed by atoms with E-state index in [1.807, 2.05) is 0 Å². The Labute approximate surface area is 326 Å². The highest BCUT2D eigenvalue weighted by Crippen LogP contribution is 2.64. The smallest absolute Gasteiger partial charge is 0.385 e. The van der Waals surface area contributed by atoms with Gasteiger partial charge < -0.3 is 28.4 Å². The van der Waals surface area contributed by atoms with Crippen molar-refractivity contribution >= 4 is 35.8 Å². The Kier molecular flexibility index (Phi) is 17.2. The van der Waals surface area contributed by atoms with Crippen molar-refractivity contribution in [1.82, 2.24) is 0 Å². The number of halogens is 16. The van der Waals surface area contributed by atoms with Gasteiger partial charge >= 0.3 is 83.2 Å². The summed E-state index contributed by atoms with van der Waals surface area (Å²) in [5, 5.41) is 0. The van der Waals surface area contributed by atoms with E-state index < -0.39 is 134 Å². The first-order chi connectivity index (χ1) is 26.8. The van der Waals surface area contributed by atoms with E-state index in [4.69, 9.17) is 0 Å². The first-order valence-corrected chi connectivity index (χ1v) is 15.4. The zero-order valence-corrected chi connectivity index (χ0v) is 30.3. The summed E-state index contributed by atoms with van der Waals surface area (Å²) in [6.45, 7) is -0.227. The highest BCUT2D eigenvalue weighted by Gasteiger charge is 2.95. The molecular formula is C32H30F16O12. The van der Waals surface area contributed by atoms with Crippen LogP contribution in [0.25, 0.3) is 0 Å². The lowest BCUT2D eigenvalue weighted by Crippen LogP contribution is -2.75. The van der Waals surface area contributed by atoms with Crippen LogP contribution in [0.3, 0.4) is 0 Å². The lowest BCUT2D eigenvalue weighted by atomic mass is 9.87. The Morgan fingerprint density at radius 3 is 0.717 bits per heavy atom. The monoisotopic (exact) mass is 910 g/mol. The van der Waals surface area contributed by atoms with Crippen LogP contribution in [0.5, 0.6) is 0 Å². The van der Waals surface area contributed by atoms with E-state index in [2.05, 4.69) is 54.7 Å². The molecule has 0 aliphatic carbocycles. The van der Waals surface area contributed by atoms with Crippen LogP contribution in [-0.2, 0) is 57.2 Å². The second-order valence-corrected chi connectivity index (χ2v) is 12.4. The Morgan fingerprint density at radius 1 is 0.350 bits per heavy atom. The van der Waals surface area contributed by atoms with Gasteiger partial charge in [-0.2, -0.15) is 70.2 Å². The second-order valence-electron chi connectivity index (χ2n) is 12.4. The van der Waals surface area contributed by atoms with Crippen LogP contribution in [0.4, 0.5) is 70.2 Å². The lowest BCUT2D eigenvalue weighted by molar-refractivity contribution is -0.454. The average molecular weight is 911 g/mol. The minimum Gasteiger partial charge on any atom is -0.461 e. The Bertz CT molecular complexity index is 1510. The maximum Gasteiger partial charge on any atom is 0.385 e. The summed E-state index contributed by atoms with van der Waals surface area (Å²) in [6, 6.07) is 0. The highest BCUT2D eigenvalue weighted by atomic mass is 19.4. The van der Waals surface area contributed by atoms with Gasteiger partial charge in [0.2, 0.25) is 0 Å². The maximum absolute atomic E-state index is 14.5. The van der Waals surface area contributed by atoms with Crippen molar-refractivity contribution in [1.29, 1.82) is 0 Å². The zero-order chi connectivity index (χ0) is 47.8. The van der Waals surface area contributed by atoms with Gasteiger partial charge in [-0.15, -0.1) is 0 Å². The van der Waals surface area contributed by atoms with E-state index in [0.717, 1.165) is 0 Å². The van der Waals surface area contributed by atoms with Gasteiger partial charge in [0, 0.05) is 24.3 Å². The molecule has 0 aliphatic heterocycles. The predicted octanol–water partition coefficient (Wildman–Crippen LogP) is 6.08. The number of esters is 6. The number of hydrogen-bond acceptors (Lipinski definition) is 12. The van der Waals surface area contributed by atoms with Crippen molar-refractivity contribution in [2.24, 2.45) is 10.8 Å². The van der Waals surface area contributed by atoms with Gasteiger partial charge in [-0.3, -0.25) is 9.59 Å². The van der Waals surface area contributed by atoms with Crippen molar-refractivity contribution in [3.8, 4) is 0 Å². The molecule has 12 nitrogen and oxygen atoms in total. The van der Waals surface area contributed by atoms with E-state index in [0.29, 0.717) is 38.2 Å². The summed E-state index contributed by atoms with van der Waals surface area (Å²) in [5.74, 6) is -76.2. The average Bonchev–Trinajstić information content (AvgIpc) is 3.17. The molecule has 0 amide bonds. The molecule has 0 radical (unpaired) electrons. The van der Waals surface area contributed by atoms with E-state index in [1.54, 1.807) is 0 Å². The summed E-state index contributed by atoms with van der Waals surface area (Å²) < 4.78 is 257. The fourth-order valence-electron chi connectivity index (χ4n) is 3.57. The molecule has 0 aromatic rings. The predicted molar refractivity (Wildman–Crippen MR) is 162 cm³/mol. The molecule has 0 fully saturated rings. The first-order valence-electron chi connectivity index (χ1n) is 15.4. The fourth-order valence-corrected chi connectivity index (χ4v) is 3.57. The van der Waals surface area contributed by atoms with Crippen LogP contribution in [0.1, 0.15) is 13.8 Å². The molecule has 0 unspecified atom stereocenters. The van der Waals surface area contributed by atoms with Gasteiger partial charge in [0.15, 0.2) is 13.2 Å². The van der Waals surface area contributed by atoms with Gasteiger partial charge in [0.25, 0.3) is 0 Å². The molecule has 0 aliphatic rings. The Morgan fingerprint density at radius 2 is 0.533 bits per heavy atom. The van der Waals surface area contributed by atoms with Crippen LogP contribution in [0.15, 0.2) is 50.6 Å². The number of alkyl halides is 16. The molecule has 0 heterocycles. The summed E-state index contributed by atoms with van der Waals surface area (Å²) >= 11 is 0. The van der Waals surface area contributed by atoms with E-state index >= 15 is 0 Å². The number of hydrogen-bond donors (Lipinski definition) is 0. The molecule has 0 N–H and O–H groups in total. The standard InChI is InChI=1S/C32H30F16O12/c1-7-17(49)55-11-23(5,12-56-18(50)8-2)21(53)59-15-25(33,34)27(37,38)29(41,42)31(45,46)32(47,48)30(43,44)28(39,40)26(35,36)16-60-22(54)24(6,13-57-19(51)9-3)14-58-20(52)10-4/h7-10H,1-4,11-16H2,5-6H3. The number of rotatable bonds is 25. The number of carbonyl (C=O) groups is 6. The molecule has 0 bridgehead atoms. The van der Waals surface area contributed by atoms with Crippen molar-refractivity contribution in [3.05, 3.63) is 50.6 Å². The summed E-state index contributed by atoms with van der Waals surface area (Å²) in [5.41, 5.74) is -5.57. The third kappa shape index (κ3) is 10.9. The first kappa shape index (κ1) is 54.7. The second kappa shape index (κ2) is 18.9. The zero-order valence-electron chi connectivity index (χ0n) is 30.3. The molecule has 0 saturated heterocycles. The van der Waals surface area contributed by atoms with Crippen LogP contribution in [0, 0.1) is 10.8 Å². The molecule has 342 valence electrons. The van der Waals surface area contributed by atoms with Crippen molar-refractivity contribution in [3.63, 3.8) is 0 Å². The van der Waals surface area contributed by atoms with Crippen molar-refractivity contribution in [2.45, 2.75) is 61.2 Å². The molecule has 0 rings (SSSR count). The van der Waals surface area contributed by atoms with Crippen molar-refractivity contribution < 1.29 is 127 Å². The van der Waals surface area contributed by atoms with Crippen molar-refractivity contribution in [2.75, 3.05) is 39.6 Å². The summed E-state index contributed by atoms with van der Waals surface area (Å²) in [6.07, 6.45) is 1.62. The van der Waals surface area contributed by atoms with Gasteiger partial charge in [-0.25, -0.2) is 19.2 Å². The summed E-state index contributed by atoms with van der Waals surface area (Å²) in [4.78, 5) is 70.3. The molecule has 0 atom stereocenters. The molecular weight excluding hydrogens is 880 g/mol. The van der Waals surface area contributed by atoms with Gasteiger partial charge in [0.05, 0.1) is 0 Å². The topological polar surface area (TPSA) is 158 Å². The molecule has 28 heteroatoms. The molecule has 60 heavy (non-hydrogen) atoms. The third-order valence-corrected chi connectivity index (χ3v) is 7.44. The highest BCUT2D eigenvalue weighted by molar-refractivity contribution is 5.84. The third-order valence-electron chi connectivity index (χ3n) is 7.44. The minimum absolute atomic E-state index is 0.404. The molecule has 0 spiro atoms. The van der Waals surface area contributed by atoms with E-state index in [9.17, 15) is 99.0 Å². The van der Waals surface area contributed by atoms with Gasteiger partial charge in [-0.1, -0.05) is 26.3 Å². The number of ether oxygens (including phenoxy) is 6. The van der Waals surface area contributed by atoms with E-state index in [-0.39, 0.29) is 0 Å². The normalized spacial score (nSPS) is 13.6. The lowest BCUT2D eigenvalue weighted by Gasteiger charge is -2.43. The molecule has 0 aromatic heterocycles. The quantitative estimate of drug-likeness (QED) is 0.0451. The van der Waals surface area contributed by atoms with E-state index in [1.165, 1.54) is 0 Å². The maximum atomic E-state index is 14.5. The number of carbonyl (C=O) groups excluding carboxylic acids is 6. The van der Waals surface area contributed by atoms with Crippen LogP contribution >= 0.6 is 0 Å². The molecule has 0 saturated carbocycles. The van der Waals surface area contributed by atoms with Gasteiger partial charge in [0.1, 0.15) is 37.3 Å². The fraction of sp³-hybridized carbons (Fsp3) is 0.562. The van der Waals surface area contributed by atoms with Gasteiger partial charge in [-0.05, 0) is 13.8 Å². The van der Waals surface area contributed by atoms with Crippen LogP contribution in [-0.4, -0.2) is 123 Å².